The van der Waals surface area contributed by atoms with Crippen molar-refractivity contribution in [2.24, 2.45) is 0 Å². The van der Waals surface area contributed by atoms with Gasteiger partial charge in [0.15, 0.2) is 0 Å². The predicted octanol–water partition coefficient (Wildman–Crippen LogP) is 2.58. The summed E-state index contributed by atoms with van der Waals surface area (Å²) < 4.78 is 0. The molecule has 128 valence electrons. The highest BCUT2D eigenvalue weighted by Crippen LogP contribution is 2.40. The normalized spacial score (nSPS) is 14.1. The number of amides is 1. The number of pyridine rings is 1. The van der Waals surface area contributed by atoms with Crippen LogP contribution in [0, 0.1) is 0 Å². The zero-order valence-electron chi connectivity index (χ0n) is 13.4. The Balaban J connectivity index is 2.04. The third-order valence-electron chi connectivity index (χ3n) is 4.26. The zero-order valence-corrected chi connectivity index (χ0v) is 14.2. The van der Waals surface area contributed by atoms with E-state index in [-0.39, 0.29) is 25.7 Å². The summed E-state index contributed by atoms with van der Waals surface area (Å²) in [7, 11) is 0. The maximum absolute atomic E-state index is 13.0. The fourth-order valence-corrected chi connectivity index (χ4v) is 3.02. The largest absolute Gasteiger partial charge is 0.396 e. The van der Waals surface area contributed by atoms with Gasteiger partial charge < -0.3 is 15.1 Å². The van der Waals surface area contributed by atoms with Crippen molar-refractivity contribution in [2.75, 3.05) is 26.3 Å². The monoisotopic (exact) mass is 348 g/mol. The van der Waals surface area contributed by atoms with Gasteiger partial charge in [-0.05, 0) is 43.5 Å². The molecule has 1 aromatic carbocycles. The number of carbonyl (C=O) groups is 1. The summed E-state index contributed by atoms with van der Waals surface area (Å²) in [6, 6.07) is 7.24. The lowest BCUT2D eigenvalue weighted by Gasteiger charge is -2.22. The number of hydrogen-bond acceptors (Lipinski definition) is 4. The van der Waals surface area contributed by atoms with E-state index < -0.39 is 0 Å². The van der Waals surface area contributed by atoms with Gasteiger partial charge in [-0.15, -0.1) is 0 Å². The number of aliphatic hydroxyl groups excluding tert-OH is 2. The SMILES string of the molecule is O=C(c1cc(C2CC2)nc2ccc(Cl)cc12)N(CCO)CCCO. The van der Waals surface area contributed by atoms with Gasteiger partial charge in [-0.2, -0.15) is 0 Å². The molecule has 1 fully saturated rings. The first-order valence-electron chi connectivity index (χ1n) is 8.25. The lowest BCUT2D eigenvalue weighted by atomic mass is 10.0. The minimum Gasteiger partial charge on any atom is -0.396 e. The van der Waals surface area contributed by atoms with Crippen molar-refractivity contribution < 1.29 is 15.0 Å². The second kappa shape index (κ2) is 7.47. The third-order valence-corrected chi connectivity index (χ3v) is 4.49. The van der Waals surface area contributed by atoms with Crippen LogP contribution < -0.4 is 0 Å². The Kier molecular flexibility index (Phi) is 5.33. The van der Waals surface area contributed by atoms with Gasteiger partial charge in [-0.3, -0.25) is 9.78 Å². The first-order chi connectivity index (χ1) is 11.6. The van der Waals surface area contributed by atoms with Gasteiger partial charge in [0.1, 0.15) is 0 Å². The van der Waals surface area contributed by atoms with Gasteiger partial charge in [-0.1, -0.05) is 11.6 Å². The highest BCUT2D eigenvalue weighted by atomic mass is 35.5. The Labute approximate surface area is 145 Å². The number of fused-ring (bicyclic) bond motifs is 1. The molecule has 0 aliphatic heterocycles. The number of carbonyl (C=O) groups excluding carboxylic acids is 1. The van der Waals surface area contributed by atoms with Crippen LogP contribution in [0.4, 0.5) is 0 Å². The summed E-state index contributed by atoms with van der Waals surface area (Å²) in [5, 5.41) is 19.6. The quantitative estimate of drug-likeness (QED) is 0.806. The molecule has 0 spiro atoms. The van der Waals surface area contributed by atoms with E-state index in [2.05, 4.69) is 4.98 Å². The number of aliphatic hydroxyl groups is 2. The van der Waals surface area contributed by atoms with E-state index in [9.17, 15) is 9.90 Å². The number of hydrogen-bond donors (Lipinski definition) is 2. The summed E-state index contributed by atoms with van der Waals surface area (Å²) in [5.41, 5.74) is 2.27. The molecule has 0 unspecified atom stereocenters. The molecular weight excluding hydrogens is 328 g/mol. The van der Waals surface area contributed by atoms with Crippen molar-refractivity contribution in [1.82, 2.24) is 9.88 Å². The maximum Gasteiger partial charge on any atom is 0.254 e. The van der Waals surface area contributed by atoms with E-state index in [4.69, 9.17) is 16.7 Å². The molecule has 0 bridgehead atoms. The molecule has 0 radical (unpaired) electrons. The molecule has 2 N–H and O–H groups in total. The van der Waals surface area contributed by atoms with E-state index in [1.807, 2.05) is 12.1 Å². The Morgan fingerprint density at radius 3 is 2.67 bits per heavy atom. The van der Waals surface area contributed by atoms with Crippen LogP contribution in [-0.2, 0) is 0 Å². The molecule has 2 aromatic rings. The maximum atomic E-state index is 13.0. The highest BCUT2D eigenvalue weighted by molar-refractivity contribution is 6.31. The smallest absolute Gasteiger partial charge is 0.254 e. The third kappa shape index (κ3) is 3.69. The summed E-state index contributed by atoms with van der Waals surface area (Å²) in [6.45, 7) is 0.531. The highest BCUT2D eigenvalue weighted by Gasteiger charge is 2.28. The molecule has 1 aliphatic rings. The van der Waals surface area contributed by atoms with Gasteiger partial charge in [0, 0.05) is 41.7 Å². The number of aromatic nitrogens is 1. The zero-order chi connectivity index (χ0) is 17.1. The number of benzene rings is 1. The first kappa shape index (κ1) is 17.1. The molecular formula is C18H21ClN2O3. The van der Waals surface area contributed by atoms with Crippen molar-refractivity contribution in [1.29, 1.82) is 0 Å². The van der Waals surface area contributed by atoms with Crippen molar-refractivity contribution in [2.45, 2.75) is 25.2 Å². The number of halogens is 1. The van der Waals surface area contributed by atoms with Crippen LogP contribution in [0.5, 0.6) is 0 Å². The topological polar surface area (TPSA) is 73.7 Å². The molecule has 1 amide bonds. The predicted molar refractivity (Wildman–Crippen MR) is 93.4 cm³/mol. The average molecular weight is 349 g/mol. The second-order valence-electron chi connectivity index (χ2n) is 6.12. The van der Waals surface area contributed by atoms with E-state index in [0.29, 0.717) is 29.5 Å². The minimum atomic E-state index is -0.158. The Bertz CT molecular complexity index is 746. The van der Waals surface area contributed by atoms with Crippen LogP contribution in [0.1, 0.15) is 41.2 Å². The van der Waals surface area contributed by atoms with Gasteiger partial charge in [-0.25, -0.2) is 0 Å². The van der Waals surface area contributed by atoms with Crippen molar-refractivity contribution in [3.05, 3.63) is 40.5 Å². The van der Waals surface area contributed by atoms with Gasteiger partial charge in [0.2, 0.25) is 0 Å². The minimum absolute atomic E-state index is 0.00541. The molecule has 1 aromatic heterocycles. The van der Waals surface area contributed by atoms with Gasteiger partial charge >= 0.3 is 0 Å². The van der Waals surface area contributed by atoms with Crippen molar-refractivity contribution in [3.8, 4) is 0 Å². The van der Waals surface area contributed by atoms with Crippen LogP contribution >= 0.6 is 11.6 Å². The van der Waals surface area contributed by atoms with Crippen LogP contribution in [0.15, 0.2) is 24.3 Å². The first-order valence-corrected chi connectivity index (χ1v) is 8.63. The molecule has 5 nitrogen and oxygen atoms in total. The fourth-order valence-electron chi connectivity index (χ4n) is 2.85. The molecule has 1 aliphatic carbocycles. The molecule has 0 saturated heterocycles. The van der Waals surface area contributed by atoms with E-state index in [1.54, 1.807) is 17.0 Å². The standard InChI is InChI=1S/C18H21ClN2O3/c19-13-4-5-16-14(10-13)15(11-17(20-16)12-2-3-12)18(24)21(7-9-23)6-1-8-22/h4-5,10-12,22-23H,1-3,6-9H2. The summed E-state index contributed by atoms with van der Waals surface area (Å²) in [5.74, 6) is 0.273. The van der Waals surface area contributed by atoms with Crippen molar-refractivity contribution in [3.63, 3.8) is 0 Å². The number of rotatable bonds is 7. The molecule has 24 heavy (non-hydrogen) atoms. The summed E-state index contributed by atoms with van der Waals surface area (Å²) in [4.78, 5) is 19.3. The lowest BCUT2D eigenvalue weighted by Crippen LogP contribution is -2.35. The lowest BCUT2D eigenvalue weighted by molar-refractivity contribution is 0.0712. The Hall–Kier alpha value is -1.69. The average Bonchev–Trinajstić information content (AvgIpc) is 3.42. The Morgan fingerprint density at radius 2 is 2.00 bits per heavy atom. The van der Waals surface area contributed by atoms with Crippen LogP contribution in [0.25, 0.3) is 10.9 Å². The molecule has 1 saturated carbocycles. The molecule has 3 rings (SSSR count). The summed E-state index contributed by atoms with van der Waals surface area (Å²) in [6.07, 6.45) is 2.68. The Morgan fingerprint density at radius 1 is 1.21 bits per heavy atom. The fraction of sp³-hybridized carbons (Fsp3) is 0.444. The van der Waals surface area contributed by atoms with Crippen LogP contribution in [0.3, 0.4) is 0 Å². The van der Waals surface area contributed by atoms with Gasteiger partial charge in [0.05, 0.1) is 17.7 Å². The number of nitrogens with zero attached hydrogens (tertiary/aromatic N) is 2. The van der Waals surface area contributed by atoms with Crippen LogP contribution in [-0.4, -0.2) is 52.3 Å². The molecule has 6 heteroatoms. The summed E-state index contributed by atoms with van der Waals surface area (Å²) >= 11 is 6.11. The second-order valence-corrected chi connectivity index (χ2v) is 6.56. The van der Waals surface area contributed by atoms with E-state index in [1.165, 1.54) is 0 Å². The van der Waals surface area contributed by atoms with E-state index >= 15 is 0 Å². The molecule has 0 atom stereocenters. The van der Waals surface area contributed by atoms with Crippen LogP contribution in [0.2, 0.25) is 5.02 Å². The van der Waals surface area contributed by atoms with Crippen molar-refractivity contribution >= 4 is 28.4 Å². The molecule has 1 heterocycles. The van der Waals surface area contributed by atoms with E-state index in [0.717, 1.165) is 29.4 Å². The van der Waals surface area contributed by atoms with Gasteiger partial charge in [0.25, 0.3) is 5.91 Å².